The second kappa shape index (κ2) is 9.54. The average Bonchev–Trinajstić information content (AvgIpc) is 2.66. The molecule has 1 atom stereocenters. The van der Waals surface area contributed by atoms with E-state index in [2.05, 4.69) is 32.3 Å². The van der Waals surface area contributed by atoms with E-state index in [4.69, 9.17) is 4.99 Å². The van der Waals surface area contributed by atoms with Crippen LogP contribution in [-0.4, -0.2) is 119 Å². The molecule has 0 saturated carbocycles. The third-order valence-corrected chi connectivity index (χ3v) is 6.83. The van der Waals surface area contributed by atoms with Crippen LogP contribution in [0.15, 0.2) is 4.99 Å². The number of aliphatic imine (C=N–C) groups is 1. The Morgan fingerprint density at radius 3 is 2.37 bits per heavy atom. The van der Waals surface area contributed by atoms with Crippen molar-refractivity contribution in [1.29, 1.82) is 0 Å². The second-order valence-electron chi connectivity index (χ2n) is 8.10. The molecule has 0 aromatic carbocycles. The van der Waals surface area contributed by atoms with E-state index in [0.29, 0.717) is 18.6 Å². The van der Waals surface area contributed by atoms with Crippen molar-refractivity contribution in [3.63, 3.8) is 0 Å². The van der Waals surface area contributed by atoms with Crippen LogP contribution in [0.1, 0.15) is 19.8 Å². The first kappa shape index (κ1) is 20.8. The van der Waals surface area contributed by atoms with Gasteiger partial charge in [-0.2, -0.15) is 0 Å². The molecule has 0 spiro atoms. The van der Waals surface area contributed by atoms with Crippen LogP contribution < -0.4 is 10.6 Å². The molecule has 4 fully saturated rings. The molecule has 0 aromatic heterocycles. The highest BCUT2D eigenvalue weighted by molar-refractivity contribution is 7.90. The Morgan fingerprint density at radius 1 is 1.11 bits per heavy atom. The summed E-state index contributed by atoms with van der Waals surface area (Å²) in [7, 11) is -2.88. The molecule has 0 radical (unpaired) electrons. The maximum atomic E-state index is 11.3. The number of sulfone groups is 1. The first-order chi connectivity index (χ1) is 12.9. The molecule has 0 aromatic rings. The molecule has 4 heterocycles. The van der Waals surface area contributed by atoms with Crippen molar-refractivity contribution in [2.45, 2.75) is 31.8 Å². The molecule has 4 rings (SSSR count). The number of piperazine rings is 3. The van der Waals surface area contributed by atoms with E-state index in [0.717, 1.165) is 51.5 Å². The van der Waals surface area contributed by atoms with Crippen LogP contribution in [-0.2, 0) is 9.84 Å². The quantitative estimate of drug-likeness (QED) is 0.421. The molecular formula is C18H36N6O2S. The zero-order valence-corrected chi connectivity index (χ0v) is 17.7. The van der Waals surface area contributed by atoms with Crippen LogP contribution in [0.25, 0.3) is 0 Å². The van der Waals surface area contributed by atoms with Gasteiger partial charge in [0.25, 0.3) is 0 Å². The van der Waals surface area contributed by atoms with E-state index in [1.807, 2.05) is 0 Å². The van der Waals surface area contributed by atoms with Crippen LogP contribution in [0.5, 0.6) is 0 Å². The summed E-state index contributed by atoms with van der Waals surface area (Å²) < 4.78 is 22.7. The minimum absolute atomic E-state index is 0.254. The predicted molar refractivity (Wildman–Crippen MR) is 110 cm³/mol. The summed E-state index contributed by atoms with van der Waals surface area (Å²) in [6.45, 7) is 12.2. The highest BCUT2D eigenvalue weighted by Gasteiger charge is 2.31. The van der Waals surface area contributed by atoms with Crippen LogP contribution in [0.4, 0.5) is 0 Å². The highest BCUT2D eigenvalue weighted by Crippen LogP contribution is 2.16. The van der Waals surface area contributed by atoms with Gasteiger partial charge in [0.1, 0.15) is 9.84 Å². The molecule has 0 amide bonds. The number of nitrogens with one attached hydrogen (secondary N) is 2. The predicted octanol–water partition coefficient (Wildman–Crippen LogP) is -0.950. The number of piperidine rings is 1. The fourth-order valence-corrected chi connectivity index (χ4v) is 4.79. The van der Waals surface area contributed by atoms with E-state index in [9.17, 15) is 8.42 Å². The molecular weight excluding hydrogens is 364 g/mol. The number of hydrogen-bond acceptors (Lipinski definition) is 6. The first-order valence-corrected chi connectivity index (χ1v) is 12.4. The Kier molecular flexibility index (Phi) is 7.35. The van der Waals surface area contributed by atoms with E-state index < -0.39 is 9.84 Å². The Morgan fingerprint density at radius 2 is 1.81 bits per heavy atom. The Balaban J connectivity index is 1.44. The van der Waals surface area contributed by atoms with E-state index >= 15 is 0 Å². The van der Waals surface area contributed by atoms with Crippen molar-refractivity contribution < 1.29 is 8.42 Å². The maximum absolute atomic E-state index is 11.3. The Bertz CT molecular complexity index is 595. The van der Waals surface area contributed by atoms with Crippen molar-refractivity contribution in [1.82, 2.24) is 25.3 Å². The van der Waals surface area contributed by atoms with Crippen LogP contribution in [0, 0.1) is 0 Å². The van der Waals surface area contributed by atoms with Gasteiger partial charge in [0.05, 0.1) is 12.3 Å². The van der Waals surface area contributed by atoms with Crippen molar-refractivity contribution >= 4 is 15.8 Å². The van der Waals surface area contributed by atoms with Crippen molar-refractivity contribution in [2.24, 2.45) is 4.99 Å². The lowest BCUT2D eigenvalue weighted by atomic mass is 10.1. The average molecular weight is 401 g/mol. The summed E-state index contributed by atoms with van der Waals surface area (Å²) in [6, 6.07) is 0.949. The largest absolute Gasteiger partial charge is 0.357 e. The summed E-state index contributed by atoms with van der Waals surface area (Å²) in [4.78, 5) is 12.2. The summed E-state index contributed by atoms with van der Waals surface area (Å²) >= 11 is 0. The molecule has 0 aliphatic carbocycles. The van der Waals surface area contributed by atoms with Crippen molar-refractivity contribution in [3.05, 3.63) is 0 Å². The first-order valence-electron chi connectivity index (χ1n) is 10.3. The summed E-state index contributed by atoms with van der Waals surface area (Å²) in [6.07, 6.45) is 3.36. The van der Waals surface area contributed by atoms with Gasteiger partial charge in [-0.3, -0.25) is 14.8 Å². The number of hydrogen-bond donors (Lipinski definition) is 2. The molecule has 8 nitrogen and oxygen atoms in total. The summed E-state index contributed by atoms with van der Waals surface area (Å²) in [5.41, 5.74) is 0. The smallest absolute Gasteiger partial charge is 0.191 e. The fraction of sp³-hybridized carbons (Fsp3) is 0.944. The number of guanidine groups is 1. The third-order valence-electron chi connectivity index (χ3n) is 5.90. The monoisotopic (exact) mass is 400 g/mol. The lowest BCUT2D eigenvalue weighted by molar-refractivity contribution is 0.0174. The van der Waals surface area contributed by atoms with Crippen LogP contribution in [0.3, 0.4) is 0 Å². The molecule has 27 heavy (non-hydrogen) atoms. The molecule has 2 N–H and O–H groups in total. The SMILES string of the molecule is CCNC(=NCC1CN2CCN1CC2)NC1CCN(CCS(C)(=O)=O)CC1. The second-order valence-corrected chi connectivity index (χ2v) is 10.4. The van der Waals surface area contributed by atoms with Crippen molar-refractivity contribution in [3.8, 4) is 0 Å². The number of likely N-dealkylation sites (tertiary alicyclic amines) is 1. The maximum Gasteiger partial charge on any atom is 0.191 e. The highest BCUT2D eigenvalue weighted by atomic mass is 32.2. The zero-order chi connectivity index (χ0) is 19.3. The van der Waals surface area contributed by atoms with Crippen LogP contribution >= 0.6 is 0 Å². The van der Waals surface area contributed by atoms with Gasteiger partial charge in [0.2, 0.25) is 0 Å². The van der Waals surface area contributed by atoms with Gasteiger partial charge in [-0.05, 0) is 19.8 Å². The Hall–Kier alpha value is -0.900. The van der Waals surface area contributed by atoms with Gasteiger partial charge in [-0.1, -0.05) is 0 Å². The van der Waals surface area contributed by atoms with Gasteiger partial charge in [0.15, 0.2) is 5.96 Å². The van der Waals surface area contributed by atoms with Gasteiger partial charge < -0.3 is 15.5 Å². The fourth-order valence-electron chi connectivity index (χ4n) is 4.20. The van der Waals surface area contributed by atoms with E-state index in [1.54, 1.807) is 0 Å². The van der Waals surface area contributed by atoms with Gasteiger partial charge in [-0.25, -0.2) is 8.42 Å². The van der Waals surface area contributed by atoms with Gasteiger partial charge >= 0.3 is 0 Å². The standard InChI is InChI=1S/C18H36N6O2S/c1-3-19-18(20-14-17-15-23-8-10-24(17)11-9-23)21-16-4-6-22(7-5-16)12-13-27(2,25)26/h16-17H,3-15H2,1-2H3,(H2,19,20,21). The molecule has 4 aliphatic heterocycles. The zero-order valence-electron chi connectivity index (χ0n) is 16.9. The van der Waals surface area contributed by atoms with Gasteiger partial charge in [-0.15, -0.1) is 0 Å². The third kappa shape index (κ3) is 6.58. The molecule has 156 valence electrons. The molecule has 4 aliphatic rings. The molecule has 4 saturated heterocycles. The number of nitrogens with zero attached hydrogens (tertiary/aromatic N) is 4. The van der Waals surface area contributed by atoms with E-state index in [-0.39, 0.29) is 5.75 Å². The topological polar surface area (TPSA) is 80.3 Å². The summed E-state index contributed by atoms with van der Waals surface area (Å²) in [5, 5.41) is 6.98. The lowest BCUT2D eigenvalue weighted by Gasteiger charge is -2.47. The normalized spacial score (nSPS) is 30.4. The molecule has 2 bridgehead atoms. The molecule has 1 unspecified atom stereocenters. The Labute approximate surface area is 164 Å². The minimum Gasteiger partial charge on any atom is -0.357 e. The lowest BCUT2D eigenvalue weighted by Crippen LogP contribution is -2.62. The van der Waals surface area contributed by atoms with Crippen molar-refractivity contribution in [2.75, 3.05) is 77.5 Å². The van der Waals surface area contributed by atoms with Crippen LogP contribution in [0.2, 0.25) is 0 Å². The molecule has 9 heteroatoms. The van der Waals surface area contributed by atoms with E-state index in [1.165, 1.54) is 32.4 Å². The minimum atomic E-state index is -2.88. The number of fused-ring (bicyclic) bond motifs is 3. The number of rotatable bonds is 7. The van der Waals surface area contributed by atoms with Gasteiger partial charge in [0, 0.05) is 77.2 Å². The summed E-state index contributed by atoms with van der Waals surface area (Å²) in [5.74, 6) is 1.18.